The van der Waals surface area contributed by atoms with Crippen molar-refractivity contribution >= 4 is 26.6 Å². The molecule has 0 atom stereocenters. The van der Waals surface area contributed by atoms with E-state index in [2.05, 4.69) is 34.5 Å². The molecule has 0 saturated heterocycles. The van der Waals surface area contributed by atoms with Crippen LogP contribution >= 0.6 is 0 Å². The first kappa shape index (κ1) is 21.9. The van der Waals surface area contributed by atoms with Gasteiger partial charge in [0.05, 0.1) is 10.4 Å². The van der Waals surface area contributed by atoms with E-state index in [1.165, 1.54) is 15.2 Å². The molecule has 0 aliphatic carbocycles. The molecule has 1 aromatic heterocycles. The molecule has 0 bridgehead atoms. The highest BCUT2D eigenvalue weighted by Crippen LogP contribution is 2.29. The molecule has 4 rings (SSSR count). The third kappa shape index (κ3) is 4.64. The summed E-state index contributed by atoms with van der Waals surface area (Å²) in [5.41, 5.74) is 2.98. The first-order valence-corrected chi connectivity index (χ1v) is 11.9. The van der Waals surface area contributed by atoms with E-state index in [0.717, 1.165) is 11.9 Å². The van der Waals surface area contributed by atoms with E-state index in [-0.39, 0.29) is 4.90 Å². The van der Waals surface area contributed by atoms with Crippen molar-refractivity contribution in [2.75, 3.05) is 32.1 Å². The van der Waals surface area contributed by atoms with Crippen molar-refractivity contribution in [2.24, 2.45) is 0 Å². The zero-order valence-corrected chi connectivity index (χ0v) is 19.0. The lowest BCUT2D eigenvalue weighted by Crippen LogP contribution is -2.21. The zero-order chi connectivity index (χ0) is 22.6. The molecule has 0 spiro atoms. The van der Waals surface area contributed by atoms with Crippen LogP contribution in [0.5, 0.6) is 5.75 Å². The second-order valence-corrected chi connectivity index (χ2v) is 9.52. The predicted octanol–water partition coefficient (Wildman–Crippen LogP) is 4.11. The lowest BCUT2D eigenvalue weighted by molar-refractivity contribution is 0.317. The monoisotopic (exact) mass is 449 g/mol. The Hall–Kier alpha value is -3.29. The number of hydrogen-bond donors (Lipinski definition) is 1. The molecule has 0 aliphatic heterocycles. The number of rotatable bonds is 9. The van der Waals surface area contributed by atoms with Gasteiger partial charge in [-0.2, -0.15) is 0 Å². The minimum Gasteiger partial charge on any atom is -0.492 e. The van der Waals surface area contributed by atoms with Gasteiger partial charge in [0.2, 0.25) is 0 Å². The average Bonchev–Trinajstić information content (AvgIpc) is 3.25. The molecule has 32 heavy (non-hydrogen) atoms. The van der Waals surface area contributed by atoms with Gasteiger partial charge < -0.3 is 15.0 Å². The highest BCUT2D eigenvalue weighted by Gasteiger charge is 2.19. The Labute approximate surface area is 189 Å². The quantitative estimate of drug-likeness (QED) is 0.390. The number of anilines is 1. The van der Waals surface area contributed by atoms with Crippen molar-refractivity contribution < 1.29 is 13.2 Å². The Morgan fingerprint density at radius 3 is 2.50 bits per heavy atom. The fourth-order valence-electron chi connectivity index (χ4n) is 3.57. The molecule has 0 saturated carbocycles. The van der Waals surface area contributed by atoms with Gasteiger partial charge in [-0.3, -0.25) is 0 Å². The summed E-state index contributed by atoms with van der Waals surface area (Å²) < 4.78 is 33.3. The van der Waals surface area contributed by atoms with E-state index in [1.54, 1.807) is 48.7 Å². The van der Waals surface area contributed by atoms with Crippen LogP contribution in [-0.4, -0.2) is 39.6 Å². The molecule has 3 aromatic carbocycles. The molecule has 6 nitrogen and oxygen atoms in total. The molecule has 166 valence electrons. The van der Waals surface area contributed by atoms with Crippen molar-refractivity contribution in [1.29, 1.82) is 0 Å². The SMILES string of the molecule is CN(C)c1cccc(CNCCOc2cccc3c2ccn3S(=O)(=O)c2ccccc2)c1. The van der Waals surface area contributed by atoms with Crippen molar-refractivity contribution in [2.45, 2.75) is 11.4 Å². The molecular weight excluding hydrogens is 422 g/mol. The van der Waals surface area contributed by atoms with Crippen LogP contribution in [0.4, 0.5) is 5.69 Å². The van der Waals surface area contributed by atoms with Crippen LogP contribution in [0.2, 0.25) is 0 Å². The molecule has 0 aliphatic rings. The van der Waals surface area contributed by atoms with Gasteiger partial charge in [-0.25, -0.2) is 12.4 Å². The number of nitrogens with one attached hydrogen (secondary N) is 1. The van der Waals surface area contributed by atoms with Crippen molar-refractivity contribution in [3.05, 3.63) is 90.6 Å². The summed E-state index contributed by atoms with van der Waals surface area (Å²) in [7, 11) is 0.391. The van der Waals surface area contributed by atoms with Crippen LogP contribution in [-0.2, 0) is 16.6 Å². The summed E-state index contributed by atoms with van der Waals surface area (Å²) in [4.78, 5) is 2.34. The first-order chi connectivity index (χ1) is 15.5. The third-order valence-electron chi connectivity index (χ3n) is 5.25. The highest BCUT2D eigenvalue weighted by molar-refractivity contribution is 7.90. The van der Waals surface area contributed by atoms with Crippen molar-refractivity contribution in [1.82, 2.24) is 9.29 Å². The number of hydrogen-bond acceptors (Lipinski definition) is 5. The zero-order valence-electron chi connectivity index (χ0n) is 18.2. The summed E-state index contributed by atoms with van der Waals surface area (Å²) in [6, 6.07) is 24.1. The van der Waals surface area contributed by atoms with E-state index < -0.39 is 10.0 Å². The Morgan fingerprint density at radius 2 is 1.72 bits per heavy atom. The molecule has 1 heterocycles. The molecule has 0 radical (unpaired) electrons. The average molecular weight is 450 g/mol. The van der Waals surface area contributed by atoms with Gasteiger partial charge in [0.25, 0.3) is 10.0 Å². The number of nitrogens with zero attached hydrogens (tertiary/aromatic N) is 2. The summed E-state index contributed by atoms with van der Waals surface area (Å²) in [5.74, 6) is 0.668. The fraction of sp³-hybridized carbons (Fsp3) is 0.200. The van der Waals surface area contributed by atoms with Gasteiger partial charge in [-0.05, 0) is 48.0 Å². The van der Waals surface area contributed by atoms with Crippen molar-refractivity contribution in [3.63, 3.8) is 0 Å². The molecule has 4 aromatic rings. The van der Waals surface area contributed by atoms with Gasteiger partial charge in [-0.1, -0.05) is 36.4 Å². The van der Waals surface area contributed by atoms with Crippen LogP contribution in [0.3, 0.4) is 0 Å². The first-order valence-electron chi connectivity index (χ1n) is 10.5. The van der Waals surface area contributed by atoms with E-state index in [0.29, 0.717) is 24.4 Å². The fourth-order valence-corrected chi connectivity index (χ4v) is 4.93. The molecule has 0 unspecified atom stereocenters. The smallest absolute Gasteiger partial charge is 0.268 e. The minimum atomic E-state index is -3.66. The number of aromatic nitrogens is 1. The minimum absolute atomic E-state index is 0.256. The second kappa shape index (κ2) is 9.46. The van der Waals surface area contributed by atoms with Gasteiger partial charge >= 0.3 is 0 Å². The van der Waals surface area contributed by atoms with Crippen LogP contribution in [0.1, 0.15) is 5.56 Å². The number of benzene rings is 3. The Kier molecular flexibility index (Phi) is 6.48. The lowest BCUT2D eigenvalue weighted by Gasteiger charge is -2.14. The molecule has 0 fully saturated rings. The number of ether oxygens (including phenoxy) is 1. The molecule has 7 heteroatoms. The standard InChI is InChI=1S/C25H27N3O3S/c1-27(2)21-9-6-8-20(18-21)19-26-15-17-31-25-13-7-12-24-23(25)14-16-28(24)32(29,30)22-10-4-3-5-11-22/h3-14,16,18,26H,15,17,19H2,1-2H3. The van der Waals surface area contributed by atoms with E-state index in [9.17, 15) is 8.42 Å². The largest absolute Gasteiger partial charge is 0.492 e. The summed E-state index contributed by atoms with van der Waals surface area (Å²) >= 11 is 0. The Bertz CT molecular complexity index is 1300. The summed E-state index contributed by atoms with van der Waals surface area (Å²) in [5, 5.41) is 4.16. The molecular formula is C25H27N3O3S. The maximum atomic E-state index is 13.0. The maximum absolute atomic E-state index is 13.0. The van der Waals surface area contributed by atoms with Crippen LogP contribution in [0.15, 0.2) is 90.0 Å². The molecule has 1 N–H and O–H groups in total. The highest BCUT2D eigenvalue weighted by atomic mass is 32.2. The normalized spacial score (nSPS) is 11.6. The van der Waals surface area contributed by atoms with Gasteiger partial charge in [0, 0.05) is 44.5 Å². The van der Waals surface area contributed by atoms with Gasteiger partial charge in [0.1, 0.15) is 12.4 Å². The Morgan fingerprint density at radius 1 is 0.938 bits per heavy atom. The van der Waals surface area contributed by atoms with E-state index in [4.69, 9.17) is 4.74 Å². The third-order valence-corrected chi connectivity index (χ3v) is 6.95. The van der Waals surface area contributed by atoms with E-state index >= 15 is 0 Å². The summed E-state index contributed by atoms with van der Waals surface area (Å²) in [6.07, 6.45) is 1.58. The van der Waals surface area contributed by atoms with Gasteiger partial charge in [-0.15, -0.1) is 0 Å². The lowest BCUT2D eigenvalue weighted by atomic mass is 10.2. The van der Waals surface area contributed by atoms with Crippen LogP contribution in [0.25, 0.3) is 10.9 Å². The number of fused-ring (bicyclic) bond motifs is 1. The predicted molar refractivity (Wildman–Crippen MR) is 129 cm³/mol. The van der Waals surface area contributed by atoms with Crippen LogP contribution in [0, 0.1) is 0 Å². The van der Waals surface area contributed by atoms with Gasteiger partial charge in [0.15, 0.2) is 0 Å². The van der Waals surface area contributed by atoms with Crippen LogP contribution < -0.4 is 15.0 Å². The summed E-state index contributed by atoms with van der Waals surface area (Å²) in [6.45, 7) is 1.90. The van der Waals surface area contributed by atoms with E-state index in [1.807, 2.05) is 26.2 Å². The molecule has 0 amide bonds. The second-order valence-electron chi connectivity index (χ2n) is 7.71. The topological polar surface area (TPSA) is 63.6 Å². The van der Waals surface area contributed by atoms with Crippen molar-refractivity contribution in [3.8, 4) is 5.75 Å². The maximum Gasteiger partial charge on any atom is 0.268 e. The Balaban J connectivity index is 1.41.